The van der Waals surface area contributed by atoms with E-state index in [1.54, 1.807) is 0 Å². The van der Waals surface area contributed by atoms with Gasteiger partial charge in [0.2, 0.25) is 0 Å². The highest BCUT2D eigenvalue weighted by molar-refractivity contribution is 4.99. The lowest BCUT2D eigenvalue weighted by Gasteiger charge is -2.20. The molecule has 0 bridgehead atoms. The summed E-state index contributed by atoms with van der Waals surface area (Å²) in [5, 5.41) is 9.39. The molecule has 0 spiro atoms. The zero-order chi connectivity index (χ0) is 9.02. The van der Waals surface area contributed by atoms with Crippen LogP contribution >= 0.6 is 0 Å². The number of hydrogen-bond donors (Lipinski definition) is 1. The molecule has 1 heteroatoms. The van der Waals surface area contributed by atoms with Crippen molar-refractivity contribution < 1.29 is 5.11 Å². The third-order valence-electron chi connectivity index (χ3n) is 1.85. The summed E-state index contributed by atoms with van der Waals surface area (Å²) < 4.78 is 0. The minimum atomic E-state index is -0.232. The van der Waals surface area contributed by atoms with Gasteiger partial charge in [-0.25, -0.2) is 0 Å². The summed E-state index contributed by atoms with van der Waals surface area (Å²) in [6, 6.07) is 0. The van der Waals surface area contributed by atoms with Crippen LogP contribution in [0.4, 0.5) is 0 Å². The number of aliphatic hydroxyl groups is 1. The van der Waals surface area contributed by atoms with Gasteiger partial charge < -0.3 is 5.11 Å². The number of rotatable bonds is 3. The maximum absolute atomic E-state index is 9.39. The van der Waals surface area contributed by atoms with Crippen LogP contribution < -0.4 is 0 Å². The second-order valence-corrected chi connectivity index (χ2v) is 3.81. The molecule has 0 heterocycles. The molecule has 0 radical (unpaired) electrons. The summed E-state index contributed by atoms with van der Waals surface area (Å²) in [6.45, 7) is 10.3. The maximum Gasteiger partial charge on any atom is 0.0577 e. The van der Waals surface area contributed by atoms with Crippen molar-refractivity contribution >= 4 is 0 Å². The molecule has 0 aromatic rings. The Kier molecular flexibility index (Phi) is 4.43. The average molecular weight is 156 g/mol. The lowest BCUT2D eigenvalue weighted by molar-refractivity contribution is 0.124. The molecule has 1 nitrogen and oxygen atoms in total. The van der Waals surface area contributed by atoms with E-state index in [9.17, 15) is 5.11 Å². The number of aliphatic hydroxyl groups excluding tert-OH is 1. The lowest BCUT2D eigenvalue weighted by atomic mass is 9.89. The fraction of sp³-hybridized carbons (Fsp3) is 0.800. The SMILES string of the molecule is CC(C)=C[C@H](C(C)C)[C@@H](C)O. The first kappa shape index (κ1) is 10.7. The molecule has 0 unspecified atom stereocenters. The Hall–Kier alpha value is -0.300. The minimum absolute atomic E-state index is 0.232. The van der Waals surface area contributed by atoms with Crippen LogP contribution in [0.25, 0.3) is 0 Å². The molecule has 0 rings (SSSR count). The Labute approximate surface area is 70.1 Å². The second kappa shape index (κ2) is 4.55. The normalized spacial score (nSPS) is 16.3. The van der Waals surface area contributed by atoms with Crippen molar-refractivity contribution in [3.63, 3.8) is 0 Å². The Morgan fingerprint density at radius 2 is 1.64 bits per heavy atom. The summed E-state index contributed by atoms with van der Waals surface area (Å²) in [6.07, 6.45) is 1.92. The van der Waals surface area contributed by atoms with E-state index in [4.69, 9.17) is 0 Å². The van der Waals surface area contributed by atoms with Crippen molar-refractivity contribution in [2.75, 3.05) is 0 Å². The molecular weight excluding hydrogens is 136 g/mol. The third kappa shape index (κ3) is 4.20. The smallest absolute Gasteiger partial charge is 0.0577 e. The largest absolute Gasteiger partial charge is 0.393 e. The first-order valence-corrected chi connectivity index (χ1v) is 4.28. The van der Waals surface area contributed by atoms with E-state index < -0.39 is 0 Å². The molecule has 0 fully saturated rings. The summed E-state index contributed by atoms with van der Waals surface area (Å²) in [5.74, 6) is 0.824. The fourth-order valence-electron chi connectivity index (χ4n) is 1.27. The van der Waals surface area contributed by atoms with Gasteiger partial charge in [0, 0.05) is 5.92 Å². The van der Waals surface area contributed by atoms with E-state index in [0.29, 0.717) is 11.8 Å². The molecule has 0 aliphatic rings. The first-order chi connectivity index (χ1) is 4.95. The van der Waals surface area contributed by atoms with E-state index in [-0.39, 0.29) is 6.10 Å². The van der Waals surface area contributed by atoms with Gasteiger partial charge >= 0.3 is 0 Å². The van der Waals surface area contributed by atoms with E-state index in [2.05, 4.69) is 33.8 Å². The predicted octanol–water partition coefficient (Wildman–Crippen LogP) is 2.61. The van der Waals surface area contributed by atoms with Crippen LogP contribution in [-0.2, 0) is 0 Å². The Morgan fingerprint density at radius 3 is 1.73 bits per heavy atom. The average Bonchev–Trinajstić information content (AvgIpc) is 1.81. The highest BCUT2D eigenvalue weighted by Gasteiger charge is 2.15. The van der Waals surface area contributed by atoms with Crippen LogP contribution in [0, 0.1) is 11.8 Å². The molecule has 11 heavy (non-hydrogen) atoms. The zero-order valence-corrected chi connectivity index (χ0v) is 8.26. The van der Waals surface area contributed by atoms with Gasteiger partial charge in [-0.05, 0) is 26.7 Å². The Bertz CT molecular complexity index is 122. The van der Waals surface area contributed by atoms with Crippen molar-refractivity contribution in [3.05, 3.63) is 11.6 Å². The maximum atomic E-state index is 9.39. The highest BCUT2D eigenvalue weighted by Crippen LogP contribution is 2.18. The Balaban J connectivity index is 4.24. The summed E-state index contributed by atoms with van der Waals surface area (Å²) in [7, 11) is 0. The van der Waals surface area contributed by atoms with Gasteiger partial charge in [0.25, 0.3) is 0 Å². The van der Waals surface area contributed by atoms with Crippen LogP contribution in [0.15, 0.2) is 11.6 Å². The molecule has 0 aliphatic carbocycles. The van der Waals surface area contributed by atoms with Crippen LogP contribution in [0.3, 0.4) is 0 Å². The van der Waals surface area contributed by atoms with Crippen molar-refractivity contribution in [1.82, 2.24) is 0 Å². The molecule has 0 aromatic heterocycles. The van der Waals surface area contributed by atoms with Crippen molar-refractivity contribution in [2.45, 2.75) is 40.7 Å². The van der Waals surface area contributed by atoms with E-state index in [0.717, 1.165) is 0 Å². The van der Waals surface area contributed by atoms with Crippen LogP contribution in [0.2, 0.25) is 0 Å². The van der Waals surface area contributed by atoms with Gasteiger partial charge in [0.05, 0.1) is 6.10 Å². The molecule has 0 saturated carbocycles. The molecule has 0 aromatic carbocycles. The van der Waals surface area contributed by atoms with Crippen LogP contribution in [0.5, 0.6) is 0 Å². The van der Waals surface area contributed by atoms with E-state index >= 15 is 0 Å². The quantitative estimate of drug-likeness (QED) is 0.623. The van der Waals surface area contributed by atoms with Gasteiger partial charge in [-0.2, -0.15) is 0 Å². The third-order valence-corrected chi connectivity index (χ3v) is 1.85. The van der Waals surface area contributed by atoms with Gasteiger partial charge in [-0.15, -0.1) is 0 Å². The zero-order valence-electron chi connectivity index (χ0n) is 8.26. The molecule has 2 atom stereocenters. The number of allylic oxidation sites excluding steroid dienone is 1. The van der Waals surface area contributed by atoms with E-state index in [1.165, 1.54) is 5.57 Å². The molecular formula is C10H20O. The summed E-state index contributed by atoms with van der Waals surface area (Å²) >= 11 is 0. The molecule has 0 saturated heterocycles. The topological polar surface area (TPSA) is 20.2 Å². The van der Waals surface area contributed by atoms with E-state index in [1.807, 2.05) is 6.92 Å². The predicted molar refractivity (Wildman–Crippen MR) is 49.4 cm³/mol. The van der Waals surface area contributed by atoms with Gasteiger partial charge in [-0.3, -0.25) is 0 Å². The monoisotopic (exact) mass is 156 g/mol. The van der Waals surface area contributed by atoms with Crippen molar-refractivity contribution in [2.24, 2.45) is 11.8 Å². The second-order valence-electron chi connectivity index (χ2n) is 3.81. The van der Waals surface area contributed by atoms with Crippen molar-refractivity contribution in [1.29, 1.82) is 0 Å². The summed E-state index contributed by atoms with van der Waals surface area (Å²) in [4.78, 5) is 0. The molecule has 0 amide bonds. The van der Waals surface area contributed by atoms with Crippen molar-refractivity contribution in [3.8, 4) is 0 Å². The molecule has 66 valence electrons. The summed E-state index contributed by atoms with van der Waals surface area (Å²) in [5.41, 5.74) is 1.28. The fourth-order valence-corrected chi connectivity index (χ4v) is 1.27. The molecule has 1 N–H and O–H groups in total. The Morgan fingerprint density at radius 1 is 1.18 bits per heavy atom. The number of hydrogen-bond acceptors (Lipinski definition) is 1. The van der Waals surface area contributed by atoms with Gasteiger partial charge in [0.1, 0.15) is 0 Å². The minimum Gasteiger partial charge on any atom is -0.393 e. The first-order valence-electron chi connectivity index (χ1n) is 4.28. The van der Waals surface area contributed by atoms with Crippen LogP contribution in [0.1, 0.15) is 34.6 Å². The standard InChI is InChI=1S/C10H20O/c1-7(2)6-10(8(3)4)9(5)11/h6,8-11H,1-5H3/t9-,10-/m1/s1. The molecule has 0 aliphatic heterocycles. The van der Waals surface area contributed by atoms with Gasteiger partial charge in [0.15, 0.2) is 0 Å². The van der Waals surface area contributed by atoms with Crippen LogP contribution in [-0.4, -0.2) is 11.2 Å². The van der Waals surface area contributed by atoms with Gasteiger partial charge in [-0.1, -0.05) is 25.5 Å². The highest BCUT2D eigenvalue weighted by atomic mass is 16.3. The lowest BCUT2D eigenvalue weighted by Crippen LogP contribution is -2.20.